The lowest BCUT2D eigenvalue weighted by Crippen LogP contribution is -2.51. The summed E-state index contributed by atoms with van der Waals surface area (Å²) in [6, 6.07) is 5.43. The predicted octanol–water partition coefficient (Wildman–Crippen LogP) is 3.09. The second kappa shape index (κ2) is 10.7. The molecule has 180 valence electrons. The Bertz CT molecular complexity index is 901. The van der Waals surface area contributed by atoms with Gasteiger partial charge in [-0.25, -0.2) is 0 Å². The highest BCUT2D eigenvalue weighted by Crippen LogP contribution is 2.46. The molecule has 1 aromatic carbocycles. The first-order valence-corrected chi connectivity index (χ1v) is 12.0. The first-order chi connectivity index (χ1) is 15.7. The Kier molecular flexibility index (Phi) is 8.19. The van der Waals surface area contributed by atoms with Crippen molar-refractivity contribution in [3.8, 4) is 0 Å². The number of benzene rings is 1. The van der Waals surface area contributed by atoms with Gasteiger partial charge in [-0.15, -0.1) is 0 Å². The van der Waals surface area contributed by atoms with Crippen molar-refractivity contribution < 1.29 is 19.5 Å². The molecule has 0 radical (unpaired) electrons. The van der Waals surface area contributed by atoms with Crippen LogP contribution in [0.25, 0.3) is 0 Å². The molecule has 7 nitrogen and oxygen atoms in total. The normalized spacial score (nSPS) is 27.4. The molecule has 0 bridgehead atoms. The van der Waals surface area contributed by atoms with E-state index in [9.17, 15) is 19.5 Å². The van der Waals surface area contributed by atoms with Crippen molar-refractivity contribution >= 4 is 35.0 Å². The molecule has 1 heterocycles. The summed E-state index contributed by atoms with van der Waals surface area (Å²) >= 11 is 5.96. The third kappa shape index (κ3) is 5.09. The van der Waals surface area contributed by atoms with E-state index in [-0.39, 0.29) is 36.2 Å². The number of carbonyl (C=O) groups excluding carboxylic acids is 3. The fourth-order valence-corrected chi connectivity index (χ4v) is 5.45. The lowest BCUT2D eigenvalue weighted by atomic mass is 9.69. The highest BCUT2D eigenvalue weighted by atomic mass is 35.5. The van der Waals surface area contributed by atoms with Gasteiger partial charge in [0.2, 0.25) is 17.7 Å². The number of fused-ring (bicyclic) bond motifs is 1. The molecule has 1 fully saturated rings. The number of carbonyl (C=O) groups is 3. The van der Waals surface area contributed by atoms with Crippen LogP contribution in [0.1, 0.15) is 33.6 Å². The van der Waals surface area contributed by atoms with Crippen molar-refractivity contribution in [3.05, 3.63) is 41.4 Å². The van der Waals surface area contributed by atoms with Crippen LogP contribution in [-0.2, 0) is 14.4 Å². The number of anilines is 1. The quantitative estimate of drug-likeness (QED) is 0.503. The molecule has 8 heteroatoms. The lowest BCUT2D eigenvalue weighted by molar-refractivity contribution is -0.143. The van der Waals surface area contributed by atoms with Crippen molar-refractivity contribution in [3.63, 3.8) is 0 Å². The van der Waals surface area contributed by atoms with E-state index < -0.39 is 29.8 Å². The molecular weight excluding hydrogens is 442 g/mol. The molecule has 0 saturated carbocycles. The number of aliphatic hydroxyl groups excluding tert-OH is 1. The molecule has 33 heavy (non-hydrogen) atoms. The zero-order valence-electron chi connectivity index (χ0n) is 19.6. The maximum absolute atomic E-state index is 13.8. The largest absolute Gasteiger partial charge is 0.394 e. The van der Waals surface area contributed by atoms with E-state index in [1.165, 1.54) is 0 Å². The van der Waals surface area contributed by atoms with Crippen LogP contribution in [-0.4, -0.2) is 53.5 Å². The number of allylic oxidation sites excluding steroid dienone is 1. The molecule has 3 rings (SSSR count). The van der Waals surface area contributed by atoms with Gasteiger partial charge in [-0.05, 0) is 48.9 Å². The van der Waals surface area contributed by atoms with E-state index in [1.807, 2.05) is 32.9 Å². The van der Waals surface area contributed by atoms with Crippen LogP contribution in [0.15, 0.2) is 36.4 Å². The minimum absolute atomic E-state index is 0.0900. The molecule has 3 amide bonds. The van der Waals surface area contributed by atoms with Crippen molar-refractivity contribution in [2.45, 2.75) is 45.7 Å². The summed E-state index contributed by atoms with van der Waals surface area (Å²) in [6.07, 6.45) is 5.16. The number of rotatable bonds is 8. The summed E-state index contributed by atoms with van der Waals surface area (Å²) in [5.74, 6) is -2.32. The van der Waals surface area contributed by atoms with E-state index in [0.717, 1.165) is 0 Å². The zero-order valence-corrected chi connectivity index (χ0v) is 20.4. The van der Waals surface area contributed by atoms with E-state index in [2.05, 4.69) is 10.6 Å². The lowest BCUT2D eigenvalue weighted by Gasteiger charge is -2.34. The highest BCUT2D eigenvalue weighted by molar-refractivity contribution is 6.30. The number of hydrogen-bond donors (Lipinski definition) is 3. The first kappa shape index (κ1) is 25.2. The number of nitrogens with one attached hydrogen (secondary N) is 2. The number of aliphatic hydroxyl groups is 1. The summed E-state index contributed by atoms with van der Waals surface area (Å²) in [4.78, 5) is 41.8. The summed E-state index contributed by atoms with van der Waals surface area (Å²) in [6.45, 7) is 5.76. The average molecular weight is 476 g/mol. The topological polar surface area (TPSA) is 98.7 Å². The van der Waals surface area contributed by atoms with E-state index in [0.29, 0.717) is 23.6 Å². The van der Waals surface area contributed by atoms with Gasteiger partial charge in [0.05, 0.1) is 24.5 Å². The summed E-state index contributed by atoms with van der Waals surface area (Å²) in [5.41, 5.74) is 0.568. The summed E-state index contributed by atoms with van der Waals surface area (Å²) in [5, 5.41) is 16.3. The number of halogens is 1. The minimum Gasteiger partial charge on any atom is -0.394 e. The molecule has 6 atom stereocenters. The average Bonchev–Trinajstić information content (AvgIpc) is 3.10. The molecule has 1 aliphatic carbocycles. The first-order valence-electron chi connectivity index (χ1n) is 11.6. The van der Waals surface area contributed by atoms with Crippen LogP contribution in [0.5, 0.6) is 0 Å². The SMILES string of the molecule is CC[C@@H]1C=C[C@H]2[C@@H](C(=O)N([C@@H](CO)CC(C)C)[C@@H]2C(=O)Nc2ccc(Cl)cc2)[C@@H]1C(=O)NC. The molecule has 3 N–H and O–H groups in total. The Balaban J connectivity index is 2.03. The van der Waals surface area contributed by atoms with Gasteiger partial charge in [0.25, 0.3) is 0 Å². The molecule has 1 aliphatic heterocycles. The van der Waals surface area contributed by atoms with Crippen molar-refractivity contribution in [2.24, 2.45) is 29.6 Å². The van der Waals surface area contributed by atoms with E-state index >= 15 is 0 Å². The van der Waals surface area contributed by atoms with Crippen LogP contribution >= 0.6 is 11.6 Å². The van der Waals surface area contributed by atoms with Crippen LogP contribution in [0.2, 0.25) is 5.02 Å². The number of hydrogen-bond acceptors (Lipinski definition) is 4. The van der Waals surface area contributed by atoms with Crippen molar-refractivity contribution in [2.75, 3.05) is 19.0 Å². The standard InChI is InChI=1S/C25H34ClN3O4/c1-5-15-6-11-19-21(20(15)23(31)27-4)25(33)29(18(13-30)12-14(2)3)22(19)24(32)28-17-9-7-16(26)8-10-17/h6-11,14-15,18-22,30H,5,12-13H2,1-4H3,(H,27,31)(H,28,32)/t15-,18-,19+,20-,21-,22+/m1/s1. The van der Waals surface area contributed by atoms with Crippen LogP contribution in [0, 0.1) is 29.6 Å². The Morgan fingerprint density at radius 3 is 2.36 bits per heavy atom. The van der Waals surface area contributed by atoms with Crippen LogP contribution in [0.3, 0.4) is 0 Å². The van der Waals surface area contributed by atoms with Gasteiger partial charge in [0.1, 0.15) is 6.04 Å². The van der Waals surface area contributed by atoms with Gasteiger partial charge >= 0.3 is 0 Å². The Morgan fingerprint density at radius 2 is 1.82 bits per heavy atom. The fraction of sp³-hybridized carbons (Fsp3) is 0.560. The van der Waals surface area contributed by atoms with Gasteiger partial charge in [0.15, 0.2) is 0 Å². The summed E-state index contributed by atoms with van der Waals surface area (Å²) in [7, 11) is 1.57. The Hall–Kier alpha value is -2.38. The maximum atomic E-state index is 13.8. The molecule has 0 aromatic heterocycles. The third-order valence-electron chi connectivity index (χ3n) is 6.80. The van der Waals surface area contributed by atoms with E-state index in [1.54, 1.807) is 36.2 Å². The molecule has 1 aromatic rings. The van der Waals surface area contributed by atoms with Gasteiger partial charge in [-0.1, -0.05) is 44.5 Å². The van der Waals surface area contributed by atoms with Crippen LogP contribution in [0.4, 0.5) is 5.69 Å². The van der Waals surface area contributed by atoms with Crippen molar-refractivity contribution in [1.82, 2.24) is 10.2 Å². The third-order valence-corrected chi connectivity index (χ3v) is 7.05. The van der Waals surface area contributed by atoms with Crippen LogP contribution < -0.4 is 10.6 Å². The number of nitrogens with zero attached hydrogens (tertiary/aromatic N) is 1. The smallest absolute Gasteiger partial charge is 0.247 e. The molecule has 1 saturated heterocycles. The van der Waals surface area contributed by atoms with Crippen molar-refractivity contribution in [1.29, 1.82) is 0 Å². The second-order valence-electron chi connectivity index (χ2n) is 9.35. The zero-order chi connectivity index (χ0) is 24.3. The van der Waals surface area contributed by atoms with Gasteiger partial charge in [0, 0.05) is 23.7 Å². The molecule has 0 unspecified atom stereocenters. The molecular formula is C25H34ClN3O4. The maximum Gasteiger partial charge on any atom is 0.247 e. The van der Waals surface area contributed by atoms with Gasteiger partial charge in [-0.3, -0.25) is 14.4 Å². The molecule has 2 aliphatic rings. The highest BCUT2D eigenvalue weighted by Gasteiger charge is 2.58. The van der Waals surface area contributed by atoms with Gasteiger partial charge < -0.3 is 20.6 Å². The summed E-state index contributed by atoms with van der Waals surface area (Å²) < 4.78 is 0. The monoisotopic (exact) mass is 475 g/mol. The van der Waals surface area contributed by atoms with E-state index in [4.69, 9.17) is 11.6 Å². The fourth-order valence-electron chi connectivity index (χ4n) is 5.32. The van der Waals surface area contributed by atoms with Gasteiger partial charge in [-0.2, -0.15) is 0 Å². The Morgan fingerprint density at radius 1 is 1.15 bits per heavy atom. The number of likely N-dealkylation sites (tertiary alicyclic amines) is 1. The molecule has 0 spiro atoms. The number of amides is 3. The minimum atomic E-state index is -0.824. The predicted molar refractivity (Wildman–Crippen MR) is 129 cm³/mol. The second-order valence-corrected chi connectivity index (χ2v) is 9.79. The Labute approximate surface area is 200 Å².